The SMILES string of the molecule is [2H]c1c(C#N)c(F)cc(F)c1C([2H])([2H])N1CCC([2H])(N([2H])c2ncnc3sc(Cl)c([2H])c23)CC1.[2H]c1cc([2H])c(C([2H])([2H])N2CCC([2H])(N([2H])c3ncnc4sc(Cl)c([2H])c34)CC2)c([2H])c1C#N.[2H]c1nc(N([2H])C2([2H])CCN(C([2H])([2H])c3c([2H])cc([2H])c(C#N)c3[2H])CC2)c2c([2H])c(Cl)sc2n1.[2H]c1nc(N([2H])C2([2H])CCN(C([2H])([2H])c3cc(F)cc(F)c3)CC2)c2c([2H])c(C([2H])(C)C)sc2n1. The van der Waals surface area contributed by atoms with Gasteiger partial charge >= 0.3 is 0 Å². The Morgan fingerprint density at radius 1 is 0.481 bits per heavy atom. The van der Waals surface area contributed by atoms with E-state index in [0.717, 1.165) is 90.9 Å². The monoisotopic (exact) mass is 1620 g/mol. The van der Waals surface area contributed by atoms with E-state index in [9.17, 15) is 28.1 Å². The molecule has 0 amide bonds. The number of likely N-dealkylation sites (tertiary alicyclic amines) is 4. The quantitative estimate of drug-likeness (QED) is 0.0620. The second-order valence-corrected chi connectivity index (χ2v) is 29.7. The number of nitrogens with one attached hydrogen (secondary N) is 4. The Kier molecular flexibility index (Phi) is 16.2. The second kappa shape index (κ2) is 36.6. The number of anilines is 4. The molecule has 8 aromatic heterocycles. The highest BCUT2D eigenvalue weighted by Crippen LogP contribution is 2.37. The molecule has 4 N–H and O–H groups in total. The molecule has 16 rings (SSSR count). The van der Waals surface area contributed by atoms with Gasteiger partial charge in [0, 0.05) is 137 Å². The molecule has 4 aromatic carbocycles. The van der Waals surface area contributed by atoms with Gasteiger partial charge in [0.15, 0.2) is 5.65 Å². The predicted octanol–water partition coefficient (Wildman–Crippen LogP) is 18.3. The Balaban J connectivity index is 0.000000155. The fourth-order valence-electron chi connectivity index (χ4n) is 11.0. The lowest BCUT2D eigenvalue weighted by Crippen LogP contribution is -2.39. The normalized spacial score (nSPS) is 21.6. The van der Waals surface area contributed by atoms with Crippen LogP contribution >= 0.6 is 80.1 Å². The number of nitriles is 3. The molecule has 556 valence electrons. The van der Waals surface area contributed by atoms with E-state index >= 15 is 0 Å². The minimum absolute atomic E-state index is 0.000895. The van der Waals surface area contributed by atoms with Gasteiger partial charge in [0.05, 0.1) is 83.9 Å². The van der Waals surface area contributed by atoms with Crippen molar-refractivity contribution in [3.05, 3.63) is 208 Å². The van der Waals surface area contributed by atoms with Gasteiger partial charge < -0.3 is 21.2 Å². The maximum absolute atomic E-state index is 14.5. The van der Waals surface area contributed by atoms with E-state index in [2.05, 4.69) is 39.9 Å². The van der Waals surface area contributed by atoms with Crippen LogP contribution in [0.15, 0.2) is 128 Å². The molecule has 4 fully saturated rings. The number of piperidine rings is 4. The molecular formula is C78H76Cl3F4N19S4. The average Bonchev–Trinajstić information content (AvgIpc) is 1.63. The first-order valence-electron chi connectivity index (χ1n) is 47.6. The third-order valence-corrected chi connectivity index (χ3v) is 20.8. The zero-order valence-electron chi connectivity index (χ0n) is 86.7. The summed E-state index contributed by atoms with van der Waals surface area (Å²) in [7, 11) is 0. The summed E-state index contributed by atoms with van der Waals surface area (Å²) in [5.74, 6) is -5.44. The first-order chi connectivity index (χ1) is 64.3. The number of aromatic nitrogens is 8. The molecule has 0 unspecified atom stereocenters. The van der Waals surface area contributed by atoms with E-state index in [0.29, 0.717) is 31.5 Å². The van der Waals surface area contributed by atoms with Gasteiger partial charge in [-0.3, -0.25) is 19.6 Å². The van der Waals surface area contributed by atoms with Crippen LogP contribution < -0.4 is 21.2 Å². The predicted molar refractivity (Wildman–Crippen MR) is 426 cm³/mol. The van der Waals surface area contributed by atoms with Gasteiger partial charge in [-0.05, 0) is 140 Å². The molecule has 4 aliphatic rings. The molecule has 0 saturated carbocycles. The number of nitrogens with zero attached hydrogens (tertiary/aromatic N) is 15. The summed E-state index contributed by atoms with van der Waals surface area (Å²) in [5, 5.41) is 31.9. The van der Waals surface area contributed by atoms with Crippen molar-refractivity contribution in [2.75, 3.05) is 73.6 Å². The highest BCUT2D eigenvalue weighted by molar-refractivity contribution is 7.23. The van der Waals surface area contributed by atoms with Crippen molar-refractivity contribution >= 4 is 144 Å². The van der Waals surface area contributed by atoms with Gasteiger partial charge in [-0.25, -0.2) is 57.4 Å². The molecule has 30 heteroatoms. The molecule has 0 radical (unpaired) electrons. The Labute approximate surface area is 696 Å². The highest BCUT2D eigenvalue weighted by Gasteiger charge is 2.27. The van der Waals surface area contributed by atoms with E-state index in [1.165, 1.54) is 38.3 Å². The summed E-state index contributed by atoms with van der Waals surface area (Å²) in [4.78, 5) is 39.4. The molecule has 4 aliphatic heterocycles. The van der Waals surface area contributed by atoms with Crippen LogP contribution in [0.25, 0.3) is 40.9 Å². The van der Waals surface area contributed by atoms with Gasteiger partial charge in [0.2, 0.25) is 0 Å². The van der Waals surface area contributed by atoms with E-state index in [1.807, 2.05) is 0 Å². The number of halogens is 7. The summed E-state index contributed by atoms with van der Waals surface area (Å²) in [5.41, 5.74) is -2.92. The van der Waals surface area contributed by atoms with Crippen molar-refractivity contribution in [2.24, 2.45) is 0 Å². The van der Waals surface area contributed by atoms with Gasteiger partial charge in [-0.15, -0.1) is 45.3 Å². The number of hydrogen-bond donors (Lipinski definition) is 4. The average molecular weight is 1620 g/mol. The summed E-state index contributed by atoms with van der Waals surface area (Å²) in [6.45, 7) is -6.25. The standard InChI is InChI=1S/C21H24F2N4S.C19H16ClF2N5S.2C19H18ClN5S/c1-13(2)19-10-18-20(24-12-25-21(18)28-19)26-17-3-5-27(6-4-17)11-14-7-15(22)9-16(23)8-14;20-17-6-14-18(24-10-25-19(14)28-17)26-13-1-3-27(4-2-13)9-12-5-11(8-23)15(21)7-16(12)22;2*20-17-9-16-18(22-12-23-19(16)26-17)24-15-4-6-25(7-5-15)11-14-3-1-2-13(8-14)10-21/h7-10,12-13,17H,3-6,11H2,1-2H3,(H,24,25,26);5-7,10,13H,1-4,9H2,(H,24,25,26);2*1-3,8-9,12,15H,4-7,11H2,(H,22,23,24)/i10D,11D2,12D,13D,17D;5D,6D,9D2,13D;2D,3D,8D,9D,11D2,12D,15D;2D,3D,8D,9D,11D2,15D/hD4. The van der Waals surface area contributed by atoms with Crippen LogP contribution in [0.4, 0.5) is 40.8 Å². The molecule has 0 aliphatic carbocycles. The van der Waals surface area contributed by atoms with Crippen LogP contribution in [0, 0.1) is 57.3 Å². The summed E-state index contributed by atoms with van der Waals surface area (Å²) < 4.78 is 308. The van der Waals surface area contributed by atoms with Crippen LogP contribution in [0.5, 0.6) is 0 Å². The van der Waals surface area contributed by atoms with Crippen LogP contribution in [-0.2, 0) is 26.0 Å². The molecule has 4 saturated heterocycles. The number of hydrogen-bond acceptors (Lipinski definition) is 23. The van der Waals surface area contributed by atoms with Crippen molar-refractivity contribution in [2.45, 2.75) is 121 Å². The molecule has 0 bridgehead atoms. The molecular weight excluding hydrogens is 1510 g/mol. The molecule has 0 atom stereocenters. The van der Waals surface area contributed by atoms with Gasteiger partial charge in [0.1, 0.15) is 99.9 Å². The zero-order chi connectivity index (χ0) is 102. The molecule has 19 nitrogen and oxygen atoms in total. The Morgan fingerprint density at radius 3 is 1.27 bits per heavy atom. The molecule has 0 spiro atoms. The topological polar surface area (TPSA) is 236 Å². The van der Waals surface area contributed by atoms with E-state index in [1.54, 1.807) is 26.0 Å². The highest BCUT2D eigenvalue weighted by atomic mass is 35.5. The van der Waals surface area contributed by atoms with Crippen molar-refractivity contribution in [3.8, 4) is 18.2 Å². The lowest BCUT2D eigenvalue weighted by Gasteiger charge is -2.32. The second-order valence-electron chi connectivity index (χ2n) is 23.9. The zero-order valence-corrected chi connectivity index (χ0v) is 62.2. The summed E-state index contributed by atoms with van der Waals surface area (Å²) in [6.07, 6.45) is 1.61. The third kappa shape index (κ3) is 20.5. The maximum atomic E-state index is 14.5. The van der Waals surface area contributed by atoms with Crippen molar-refractivity contribution in [1.29, 1.82) is 15.8 Å². The third-order valence-electron chi connectivity index (χ3n) is 16.3. The first-order valence-corrected chi connectivity index (χ1v) is 37.2. The smallest absolute Gasteiger partial charge is 0.162 e. The van der Waals surface area contributed by atoms with Gasteiger partial charge in [0.25, 0.3) is 0 Å². The summed E-state index contributed by atoms with van der Waals surface area (Å²) in [6, 6.07) is 0.427. The largest absolute Gasteiger partial charge is 0.367 e. The van der Waals surface area contributed by atoms with Crippen LogP contribution in [0.3, 0.4) is 0 Å². The Bertz CT molecular complexity index is 6680. The van der Waals surface area contributed by atoms with Gasteiger partial charge in [-0.1, -0.05) is 72.9 Å². The maximum Gasteiger partial charge on any atom is 0.162 e. The number of benzene rings is 4. The van der Waals surface area contributed by atoms with Crippen LogP contribution in [0.1, 0.15) is 151 Å². The van der Waals surface area contributed by atoms with Crippen molar-refractivity contribution in [3.63, 3.8) is 0 Å². The summed E-state index contributed by atoms with van der Waals surface area (Å²) >= 11 is 22.4. The number of fused-ring (bicyclic) bond motifs is 4. The number of rotatable bonds is 17. The Hall–Kier alpha value is -8.86. The van der Waals surface area contributed by atoms with E-state index in [-0.39, 0.29) is 255 Å². The van der Waals surface area contributed by atoms with Crippen molar-refractivity contribution < 1.29 is 58.8 Å². The molecule has 12 heterocycles. The van der Waals surface area contributed by atoms with Crippen molar-refractivity contribution in [1.82, 2.24) is 59.5 Å². The number of thiophene rings is 4. The van der Waals surface area contributed by atoms with Crippen LogP contribution in [0.2, 0.25) is 18.7 Å². The molecule has 108 heavy (non-hydrogen) atoms. The fraction of sp³-hybridized carbons (Fsp3) is 0.346. The lowest BCUT2D eigenvalue weighted by atomic mass is 10.0. The minimum Gasteiger partial charge on any atom is -0.367 e. The van der Waals surface area contributed by atoms with E-state index < -0.39 is 108 Å². The van der Waals surface area contributed by atoms with E-state index in [4.69, 9.17) is 81.4 Å². The van der Waals surface area contributed by atoms with Gasteiger partial charge in [-0.2, -0.15) is 15.8 Å². The lowest BCUT2D eigenvalue weighted by molar-refractivity contribution is 0.208. The fourth-order valence-corrected chi connectivity index (χ4v) is 14.8. The Morgan fingerprint density at radius 2 is 0.861 bits per heavy atom. The van der Waals surface area contributed by atoms with Crippen LogP contribution in [-0.4, -0.2) is 136 Å². The minimum atomic E-state index is -2.56. The first kappa shape index (κ1) is 47.9. The molecule has 12 aromatic rings.